The number of anilines is 1. The first-order valence-corrected chi connectivity index (χ1v) is 9.99. The number of hydrogen-bond acceptors (Lipinski definition) is 2. The number of halogens is 2. The molecule has 0 aliphatic heterocycles. The topological polar surface area (TPSA) is 37.0 Å². The van der Waals surface area contributed by atoms with Crippen LogP contribution in [0.2, 0.25) is 5.02 Å². The average molecular weight is 439 g/mol. The van der Waals surface area contributed by atoms with Gasteiger partial charge < -0.3 is 10.6 Å². The fourth-order valence-electron chi connectivity index (χ4n) is 3.46. The summed E-state index contributed by atoms with van der Waals surface area (Å²) in [4.78, 5) is 4.34. The molecule has 2 N–H and O–H groups in total. The maximum absolute atomic E-state index is 6.21. The van der Waals surface area contributed by atoms with Crippen LogP contribution >= 0.6 is 39.7 Å². The van der Waals surface area contributed by atoms with Gasteiger partial charge >= 0.3 is 0 Å². The van der Waals surface area contributed by atoms with Crippen LogP contribution in [0.15, 0.2) is 41.0 Å². The molecule has 3 rings (SSSR count). The SMILES string of the molecule is Cc1cc(NC(=S)NCC2(c3cccc(Cl)c3)CCCC2)ncc1Br. The summed E-state index contributed by atoms with van der Waals surface area (Å²) in [5.41, 5.74) is 2.51. The fourth-order valence-corrected chi connectivity index (χ4v) is 4.04. The van der Waals surface area contributed by atoms with E-state index < -0.39 is 0 Å². The molecule has 6 heteroatoms. The Morgan fingerprint density at radius 2 is 2.08 bits per heavy atom. The van der Waals surface area contributed by atoms with Crippen molar-refractivity contribution in [2.45, 2.75) is 38.0 Å². The quantitative estimate of drug-likeness (QED) is 0.609. The van der Waals surface area contributed by atoms with Crippen LogP contribution in [-0.4, -0.2) is 16.6 Å². The van der Waals surface area contributed by atoms with Gasteiger partial charge in [0.2, 0.25) is 0 Å². The highest BCUT2D eigenvalue weighted by atomic mass is 79.9. The number of aromatic nitrogens is 1. The van der Waals surface area contributed by atoms with E-state index in [1.165, 1.54) is 18.4 Å². The predicted octanol–water partition coefficient (Wildman–Crippen LogP) is 5.60. The molecule has 1 aromatic heterocycles. The second-order valence-corrected chi connectivity index (χ2v) is 8.32. The molecule has 0 amide bonds. The standard InChI is InChI=1S/C19H21BrClN3S/c1-13-9-17(22-11-16(13)20)24-18(25)23-12-19(7-2-3-8-19)14-5-4-6-15(21)10-14/h4-6,9-11H,2-3,7-8,12H2,1H3,(H2,22,23,24,25). The van der Waals surface area contributed by atoms with Gasteiger partial charge in [0.1, 0.15) is 5.82 Å². The lowest BCUT2D eigenvalue weighted by atomic mass is 9.79. The van der Waals surface area contributed by atoms with E-state index in [2.05, 4.69) is 43.7 Å². The Labute approximate surface area is 167 Å². The molecule has 1 aliphatic carbocycles. The molecular formula is C19H21BrClN3S. The Bertz CT molecular complexity index is 775. The van der Waals surface area contributed by atoms with E-state index in [-0.39, 0.29) is 5.41 Å². The van der Waals surface area contributed by atoms with E-state index in [1.807, 2.05) is 25.1 Å². The third-order valence-corrected chi connectivity index (χ3v) is 6.19. The van der Waals surface area contributed by atoms with Gasteiger partial charge in [-0.05, 0) is 77.2 Å². The summed E-state index contributed by atoms with van der Waals surface area (Å²) >= 11 is 15.1. The third kappa shape index (κ3) is 4.52. The number of nitrogens with one attached hydrogen (secondary N) is 2. The number of hydrogen-bond donors (Lipinski definition) is 2. The van der Waals surface area contributed by atoms with E-state index in [0.29, 0.717) is 5.11 Å². The molecule has 0 saturated heterocycles. The van der Waals surface area contributed by atoms with Gasteiger partial charge in [0.05, 0.1) is 0 Å². The van der Waals surface area contributed by atoms with Crippen molar-refractivity contribution in [1.29, 1.82) is 0 Å². The molecule has 132 valence electrons. The van der Waals surface area contributed by atoms with Crippen molar-refractivity contribution in [3.05, 3.63) is 57.2 Å². The van der Waals surface area contributed by atoms with Gasteiger partial charge in [0.15, 0.2) is 5.11 Å². The van der Waals surface area contributed by atoms with Crippen molar-refractivity contribution in [1.82, 2.24) is 10.3 Å². The Hall–Kier alpha value is -1.17. The van der Waals surface area contributed by atoms with Gasteiger partial charge in [-0.1, -0.05) is 36.6 Å². The van der Waals surface area contributed by atoms with Gasteiger partial charge in [-0.2, -0.15) is 0 Å². The van der Waals surface area contributed by atoms with Crippen LogP contribution in [-0.2, 0) is 5.41 Å². The highest BCUT2D eigenvalue weighted by Crippen LogP contribution is 2.41. The fraction of sp³-hybridized carbons (Fsp3) is 0.368. The van der Waals surface area contributed by atoms with Crippen LogP contribution < -0.4 is 10.6 Å². The van der Waals surface area contributed by atoms with Crippen LogP contribution in [0.3, 0.4) is 0 Å². The lowest BCUT2D eigenvalue weighted by molar-refractivity contribution is 0.435. The van der Waals surface area contributed by atoms with E-state index in [0.717, 1.165) is 40.3 Å². The number of pyridine rings is 1. The number of benzene rings is 1. The molecule has 0 radical (unpaired) electrons. The van der Waals surface area contributed by atoms with Crippen LogP contribution in [0.5, 0.6) is 0 Å². The van der Waals surface area contributed by atoms with Crippen molar-refractivity contribution in [2.75, 3.05) is 11.9 Å². The molecule has 0 bridgehead atoms. The minimum atomic E-state index is 0.0969. The summed E-state index contributed by atoms with van der Waals surface area (Å²) in [5, 5.41) is 7.96. The normalized spacial score (nSPS) is 15.8. The van der Waals surface area contributed by atoms with Crippen molar-refractivity contribution in [2.24, 2.45) is 0 Å². The Kier molecular flexibility index (Phi) is 5.97. The molecule has 1 aliphatic rings. The molecule has 0 unspecified atom stereocenters. The van der Waals surface area contributed by atoms with E-state index >= 15 is 0 Å². The minimum absolute atomic E-state index is 0.0969. The first-order valence-electron chi connectivity index (χ1n) is 8.42. The van der Waals surface area contributed by atoms with Crippen LogP contribution in [0.1, 0.15) is 36.8 Å². The largest absolute Gasteiger partial charge is 0.362 e. The first kappa shape index (κ1) is 18.6. The van der Waals surface area contributed by atoms with Crippen LogP contribution in [0.4, 0.5) is 5.82 Å². The molecule has 25 heavy (non-hydrogen) atoms. The van der Waals surface area contributed by atoms with E-state index in [4.69, 9.17) is 23.8 Å². The van der Waals surface area contributed by atoms with Gasteiger partial charge in [-0.3, -0.25) is 0 Å². The monoisotopic (exact) mass is 437 g/mol. The maximum Gasteiger partial charge on any atom is 0.171 e. The van der Waals surface area contributed by atoms with Gasteiger partial charge in [-0.15, -0.1) is 0 Å². The van der Waals surface area contributed by atoms with Gasteiger partial charge in [0.25, 0.3) is 0 Å². The summed E-state index contributed by atoms with van der Waals surface area (Å²) in [7, 11) is 0. The summed E-state index contributed by atoms with van der Waals surface area (Å²) in [6, 6.07) is 10.2. The molecule has 1 heterocycles. The van der Waals surface area contributed by atoms with Gasteiger partial charge in [0, 0.05) is 27.7 Å². The highest BCUT2D eigenvalue weighted by Gasteiger charge is 2.35. The maximum atomic E-state index is 6.21. The smallest absolute Gasteiger partial charge is 0.171 e. The van der Waals surface area contributed by atoms with E-state index in [1.54, 1.807) is 6.20 Å². The zero-order valence-corrected chi connectivity index (χ0v) is 17.3. The number of rotatable bonds is 4. The van der Waals surface area contributed by atoms with E-state index in [9.17, 15) is 0 Å². The van der Waals surface area contributed by atoms with Crippen LogP contribution in [0.25, 0.3) is 0 Å². The Morgan fingerprint density at radius 3 is 2.76 bits per heavy atom. The summed E-state index contributed by atoms with van der Waals surface area (Å²) in [6.45, 7) is 2.83. The van der Waals surface area contributed by atoms with Crippen molar-refractivity contribution >= 4 is 50.7 Å². The lowest BCUT2D eigenvalue weighted by Crippen LogP contribution is -2.40. The Morgan fingerprint density at radius 1 is 1.32 bits per heavy atom. The second-order valence-electron chi connectivity index (χ2n) is 6.62. The molecule has 0 spiro atoms. The summed E-state index contributed by atoms with van der Waals surface area (Å²) in [5.74, 6) is 0.751. The Balaban J connectivity index is 1.67. The van der Waals surface area contributed by atoms with Crippen molar-refractivity contribution < 1.29 is 0 Å². The number of aryl methyl sites for hydroxylation is 1. The number of thiocarbonyl (C=S) groups is 1. The second kappa shape index (κ2) is 8.02. The molecule has 2 aromatic rings. The van der Waals surface area contributed by atoms with Crippen molar-refractivity contribution in [3.63, 3.8) is 0 Å². The lowest BCUT2D eigenvalue weighted by Gasteiger charge is -2.30. The highest BCUT2D eigenvalue weighted by molar-refractivity contribution is 9.10. The zero-order chi connectivity index (χ0) is 17.9. The first-order chi connectivity index (χ1) is 12.0. The minimum Gasteiger partial charge on any atom is -0.362 e. The molecular weight excluding hydrogens is 418 g/mol. The summed E-state index contributed by atoms with van der Waals surface area (Å²) < 4.78 is 0.989. The average Bonchev–Trinajstić information content (AvgIpc) is 3.07. The predicted molar refractivity (Wildman–Crippen MR) is 112 cm³/mol. The molecule has 1 fully saturated rings. The number of nitrogens with zero attached hydrogens (tertiary/aromatic N) is 1. The molecule has 1 aromatic carbocycles. The van der Waals surface area contributed by atoms with Gasteiger partial charge in [-0.25, -0.2) is 4.98 Å². The van der Waals surface area contributed by atoms with Crippen molar-refractivity contribution in [3.8, 4) is 0 Å². The molecule has 0 atom stereocenters. The summed E-state index contributed by atoms with van der Waals surface area (Å²) in [6.07, 6.45) is 6.56. The molecule has 3 nitrogen and oxygen atoms in total. The van der Waals surface area contributed by atoms with Crippen LogP contribution in [0, 0.1) is 6.92 Å². The molecule has 1 saturated carbocycles. The third-order valence-electron chi connectivity index (χ3n) is 4.87. The zero-order valence-electron chi connectivity index (χ0n) is 14.1.